The van der Waals surface area contributed by atoms with Gasteiger partial charge in [0, 0.05) is 0 Å². The zero-order valence-electron chi connectivity index (χ0n) is 23.9. The van der Waals surface area contributed by atoms with Crippen molar-refractivity contribution in [2.24, 2.45) is 0 Å². The summed E-state index contributed by atoms with van der Waals surface area (Å²) >= 11 is 4.74. The molecule has 33 heavy (non-hydrogen) atoms. The fourth-order valence-corrected chi connectivity index (χ4v) is 14.0. The Balaban J connectivity index is 4.99. The summed E-state index contributed by atoms with van der Waals surface area (Å²) in [5.41, 5.74) is 0. The molecular formula is C31H66BrP. The van der Waals surface area contributed by atoms with Crippen LogP contribution in [-0.4, -0.2) is 24.6 Å². The molecular weight excluding hydrogens is 483 g/mol. The van der Waals surface area contributed by atoms with Crippen molar-refractivity contribution in [1.82, 2.24) is 0 Å². The van der Waals surface area contributed by atoms with Crippen molar-refractivity contribution in [1.29, 1.82) is 0 Å². The molecule has 0 saturated carbocycles. The molecule has 0 fully saturated rings. The third kappa shape index (κ3) is 19.7. The average Bonchev–Trinajstić information content (AvgIpc) is 2.81. The van der Waals surface area contributed by atoms with E-state index in [1.165, 1.54) is 148 Å². The predicted octanol–water partition coefficient (Wildman–Crippen LogP) is 12.9. The molecule has 0 saturated heterocycles. The van der Waals surface area contributed by atoms with Crippen molar-refractivity contribution in [2.45, 2.75) is 175 Å². The molecule has 0 aromatic heterocycles. The Hall–Kier alpha value is 0.910. The number of halogens is 1. The van der Waals surface area contributed by atoms with Gasteiger partial charge in [0.1, 0.15) is 0 Å². The van der Waals surface area contributed by atoms with E-state index in [0.717, 1.165) is 0 Å². The maximum absolute atomic E-state index is 4.74. The fourth-order valence-electron chi connectivity index (χ4n) is 5.64. The minimum atomic E-state index is -1.74. The molecule has 0 radical (unpaired) electrons. The Morgan fingerprint density at radius 1 is 0.303 bits per heavy atom. The molecule has 0 aromatic carbocycles. The summed E-state index contributed by atoms with van der Waals surface area (Å²) in [7, 11) is 0. The molecule has 0 heterocycles. The SMILES string of the molecule is CCCCCCCCP(Br)(CCCCCCC)(CCCCCCCC)CCCCCCCC. The van der Waals surface area contributed by atoms with Crippen LogP contribution in [0.25, 0.3) is 0 Å². The summed E-state index contributed by atoms with van der Waals surface area (Å²) < 4.78 is 0. The van der Waals surface area contributed by atoms with E-state index in [0.29, 0.717) is 0 Å². The molecule has 0 unspecified atom stereocenters. The van der Waals surface area contributed by atoms with Crippen LogP contribution in [0.2, 0.25) is 0 Å². The molecule has 0 atom stereocenters. The number of rotatable bonds is 27. The minimum absolute atomic E-state index is 1.37. The van der Waals surface area contributed by atoms with Gasteiger partial charge >= 0.3 is 221 Å². The first-order chi connectivity index (χ1) is 16.0. The molecule has 0 aliphatic heterocycles. The molecule has 0 aliphatic rings. The van der Waals surface area contributed by atoms with Gasteiger partial charge in [0.15, 0.2) is 0 Å². The van der Waals surface area contributed by atoms with Gasteiger partial charge < -0.3 is 0 Å². The number of hydrogen-bond acceptors (Lipinski definition) is 0. The van der Waals surface area contributed by atoms with Crippen LogP contribution < -0.4 is 0 Å². The summed E-state index contributed by atoms with van der Waals surface area (Å²) in [4.78, 5) is 0. The zero-order chi connectivity index (χ0) is 24.5. The molecule has 2 heteroatoms. The summed E-state index contributed by atoms with van der Waals surface area (Å²) in [6.07, 6.45) is 39.5. The van der Waals surface area contributed by atoms with Crippen molar-refractivity contribution >= 4 is 20.8 Å². The van der Waals surface area contributed by atoms with Crippen LogP contribution in [0.4, 0.5) is 0 Å². The maximum atomic E-state index is 4.74. The second-order valence-corrected chi connectivity index (χ2v) is 22.9. The quantitative estimate of drug-likeness (QED) is 0.0706. The monoisotopic (exact) mass is 548 g/mol. The van der Waals surface area contributed by atoms with E-state index in [2.05, 4.69) is 27.7 Å². The van der Waals surface area contributed by atoms with Gasteiger partial charge in [0.05, 0.1) is 0 Å². The fraction of sp³-hybridized carbons (Fsp3) is 1.00. The van der Waals surface area contributed by atoms with Crippen LogP contribution in [0.15, 0.2) is 0 Å². The second-order valence-electron chi connectivity index (χ2n) is 11.4. The van der Waals surface area contributed by atoms with Gasteiger partial charge in [0.25, 0.3) is 0 Å². The van der Waals surface area contributed by atoms with E-state index in [1.807, 2.05) is 0 Å². The third-order valence-corrected chi connectivity index (χ3v) is 18.0. The van der Waals surface area contributed by atoms with Crippen molar-refractivity contribution in [2.75, 3.05) is 24.6 Å². The molecule has 0 bridgehead atoms. The first kappa shape index (κ1) is 33.9. The van der Waals surface area contributed by atoms with Crippen LogP contribution in [-0.2, 0) is 0 Å². The first-order valence-electron chi connectivity index (χ1n) is 15.8. The average molecular weight is 550 g/mol. The van der Waals surface area contributed by atoms with Gasteiger partial charge in [-0.2, -0.15) is 0 Å². The predicted molar refractivity (Wildman–Crippen MR) is 164 cm³/mol. The zero-order valence-corrected chi connectivity index (χ0v) is 26.4. The third-order valence-electron chi connectivity index (χ3n) is 8.03. The summed E-state index contributed by atoms with van der Waals surface area (Å²) in [6, 6.07) is 0. The Labute approximate surface area is 220 Å². The van der Waals surface area contributed by atoms with E-state index in [4.69, 9.17) is 15.5 Å². The van der Waals surface area contributed by atoms with Crippen LogP contribution in [0, 0.1) is 0 Å². The molecule has 0 nitrogen and oxygen atoms in total. The molecule has 0 amide bonds. The van der Waals surface area contributed by atoms with E-state index in [-0.39, 0.29) is 0 Å². The van der Waals surface area contributed by atoms with Gasteiger partial charge in [-0.3, -0.25) is 0 Å². The van der Waals surface area contributed by atoms with Crippen molar-refractivity contribution in [3.63, 3.8) is 0 Å². The topological polar surface area (TPSA) is 0 Å². The Morgan fingerprint density at radius 2 is 0.485 bits per heavy atom. The number of hydrogen-bond donors (Lipinski definition) is 0. The van der Waals surface area contributed by atoms with Gasteiger partial charge in [0.2, 0.25) is 0 Å². The van der Waals surface area contributed by atoms with Gasteiger partial charge in [-0.1, -0.05) is 0 Å². The Kier molecular flexibility index (Phi) is 24.0. The van der Waals surface area contributed by atoms with Gasteiger partial charge in [-0.15, -0.1) is 0 Å². The van der Waals surface area contributed by atoms with Crippen LogP contribution in [0.3, 0.4) is 0 Å². The first-order valence-corrected chi connectivity index (χ1v) is 20.8. The number of unbranched alkanes of at least 4 members (excludes halogenated alkanes) is 19. The molecule has 0 aromatic rings. The summed E-state index contributed by atoms with van der Waals surface area (Å²) in [6.45, 7) is 9.36. The van der Waals surface area contributed by atoms with Crippen LogP contribution in [0.5, 0.6) is 0 Å². The van der Waals surface area contributed by atoms with Crippen molar-refractivity contribution < 1.29 is 0 Å². The molecule has 202 valence electrons. The molecule has 0 rings (SSSR count). The standard InChI is InChI=1S/C31H66BrP/c1-5-9-13-17-21-25-29-33(32,28-24-20-16-12-8-4,30-26-22-18-14-10-6-2)31-27-23-19-15-11-7-3/h5-31H2,1-4H3. The van der Waals surface area contributed by atoms with Crippen LogP contribution in [0.1, 0.15) is 175 Å². The summed E-state index contributed by atoms with van der Waals surface area (Å²) in [5.74, 6) is 0. The Morgan fingerprint density at radius 3 is 0.697 bits per heavy atom. The molecule has 0 N–H and O–H groups in total. The van der Waals surface area contributed by atoms with Crippen LogP contribution >= 0.6 is 20.8 Å². The Bertz CT molecular complexity index is 351. The van der Waals surface area contributed by atoms with E-state index < -0.39 is 5.31 Å². The summed E-state index contributed by atoms with van der Waals surface area (Å²) in [5, 5.41) is -1.74. The van der Waals surface area contributed by atoms with Crippen molar-refractivity contribution in [3.05, 3.63) is 0 Å². The molecule has 0 spiro atoms. The van der Waals surface area contributed by atoms with Gasteiger partial charge in [-0.25, -0.2) is 0 Å². The van der Waals surface area contributed by atoms with Crippen molar-refractivity contribution in [3.8, 4) is 0 Å². The second kappa shape index (κ2) is 23.3. The normalized spacial score (nSPS) is 13.3. The van der Waals surface area contributed by atoms with E-state index >= 15 is 0 Å². The van der Waals surface area contributed by atoms with E-state index in [9.17, 15) is 0 Å². The molecule has 0 aliphatic carbocycles. The van der Waals surface area contributed by atoms with E-state index in [1.54, 1.807) is 24.6 Å². The van der Waals surface area contributed by atoms with Gasteiger partial charge in [-0.05, 0) is 0 Å².